The molecule has 0 spiro atoms. The Morgan fingerprint density at radius 3 is 2.50 bits per heavy atom. The van der Waals surface area contributed by atoms with Gasteiger partial charge >= 0.3 is 0 Å². The van der Waals surface area contributed by atoms with Crippen LogP contribution in [0, 0.1) is 6.92 Å². The van der Waals surface area contributed by atoms with Crippen molar-refractivity contribution in [2.45, 2.75) is 25.1 Å². The van der Waals surface area contributed by atoms with Crippen molar-refractivity contribution in [1.82, 2.24) is 0 Å². The largest absolute Gasteiger partial charge is 0.469 e. The first-order valence-electron chi connectivity index (χ1n) is 5.49. The number of furan rings is 1. The van der Waals surface area contributed by atoms with Gasteiger partial charge in [0.05, 0.1) is 11.1 Å². The van der Waals surface area contributed by atoms with E-state index in [9.17, 15) is 0 Å². The zero-order valence-corrected chi connectivity index (χ0v) is 11.1. The Labute approximate surface area is 105 Å². The van der Waals surface area contributed by atoms with E-state index in [4.69, 9.17) is 4.42 Å². The third-order valence-corrected chi connectivity index (χ3v) is 3.77. The number of halogens is 1. The van der Waals surface area contributed by atoms with Crippen LogP contribution in [0.2, 0.25) is 0 Å². The molecule has 0 saturated carbocycles. The van der Waals surface area contributed by atoms with Crippen LogP contribution >= 0.6 is 15.9 Å². The maximum Gasteiger partial charge on any atom is 0.108 e. The molecule has 1 aromatic heterocycles. The molecule has 1 nitrogen and oxygen atoms in total. The SMILES string of the molecule is CCc1occc1C(Br)c1ccc(C)cc1. The molecule has 0 aliphatic carbocycles. The summed E-state index contributed by atoms with van der Waals surface area (Å²) in [7, 11) is 0. The molecule has 2 heteroatoms. The molecule has 84 valence electrons. The zero-order chi connectivity index (χ0) is 11.5. The molecule has 0 saturated heterocycles. The minimum absolute atomic E-state index is 0.224. The summed E-state index contributed by atoms with van der Waals surface area (Å²) in [6.07, 6.45) is 2.69. The summed E-state index contributed by atoms with van der Waals surface area (Å²) in [6, 6.07) is 10.6. The first kappa shape index (κ1) is 11.5. The Kier molecular flexibility index (Phi) is 3.49. The van der Waals surface area contributed by atoms with Crippen LogP contribution < -0.4 is 0 Å². The molecule has 2 rings (SSSR count). The fourth-order valence-corrected chi connectivity index (χ4v) is 2.49. The highest BCUT2D eigenvalue weighted by molar-refractivity contribution is 9.09. The lowest BCUT2D eigenvalue weighted by atomic mass is 10.0. The summed E-state index contributed by atoms with van der Waals surface area (Å²) >= 11 is 3.73. The lowest BCUT2D eigenvalue weighted by Crippen LogP contribution is -1.94. The van der Waals surface area contributed by atoms with E-state index in [2.05, 4.69) is 54.0 Å². The topological polar surface area (TPSA) is 13.1 Å². The molecule has 0 amide bonds. The summed E-state index contributed by atoms with van der Waals surface area (Å²) in [5, 5.41) is 0. The molecule has 1 unspecified atom stereocenters. The quantitative estimate of drug-likeness (QED) is 0.746. The van der Waals surface area contributed by atoms with Gasteiger partial charge in [0.2, 0.25) is 0 Å². The van der Waals surface area contributed by atoms with Crippen LogP contribution in [-0.4, -0.2) is 0 Å². The van der Waals surface area contributed by atoms with Gasteiger partial charge in [-0.25, -0.2) is 0 Å². The van der Waals surface area contributed by atoms with Crippen molar-refractivity contribution >= 4 is 15.9 Å². The summed E-state index contributed by atoms with van der Waals surface area (Å²) in [5.41, 5.74) is 3.78. The smallest absolute Gasteiger partial charge is 0.108 e. The molecule has 0 N–H and O–H groups in total. The second-order valence-corrected chi connectivity index (χ2v) is 4.84. The van der Waals surface area contributed by atoms with Crippen LogP contribution in [0.15, 0.2) is 41.0 Å². The Hall–Kier alpha value is -1.02. The van der Waals surface area contributed by atoms with Crippen LogP contribution in [0.3, 0.4) is 0 Å². The highest BCUT2D eigenvalue weighted by Crippen LogP contribution is 2.33. The van der Waals surface area contributed by atoms with Crippen molar-refractivity contribution in [2.24, 2.45) is 0 Å². The third kappa shape index (κ3) is 2.22. The monoisotopic (exact) mass is 278 g/mol. The normalized spacial score (nSPS) is 12.7. The van der Waals surface area contributed by atoms with Gasteiger partial charge in [0, 0.05) is 12.0 Å². The van der Waals surface area contributed by atoms with E-state index in [-0.39, 0.29) is 4.83 Å². The summed E-state index contributed by atoms with van der Waals surface area (Å²) in [4.78, 5) is 0.224. The summed E-state index contributed by atoms with van der Waals surface area (Å²) in [5.74, 6) is 1.06. The number of alkyl halides is 1. The van der Waals surface area contributed by atoms with Crippen LogP contribution in [-0.2, 0) is 6.42 Å². The number of rotatable bonds is 3. The Morgan fingerprint density at radius 1 is 1.19 bits per heavy atom. The van der Waals surface area contributed by atoms with Gasteiger partial charge in [0.25, 0.3) is 0 Å². The number of hydrogen-bond acceptors (Lipinski definition) is 1. The average Bonchev–Trinajstić information content (AvgIpc) is 2.77. The minimum Gasteiger partial charge on any atom is -0.469 e. The van der Waals surface area contributed by atoms with Crippen LogP contribution in [0.1, 0.15) is 34.2 Å². The van der Waals surface area contributed by atoms with Gasteiger partial charge in [-0.05, 0) is 18.6 Å². The van der Waals surface area contributed by atoms with Crippen molar-refractivity contribution in [3.05, 3.63) is 59.0 Å². The van der Waals surface area contributed by atoms with Gasteiger partial charge in [-0.3, -0.25) is 0 Å². The molecule has 1 aromatic carbocycles. The molecular formula is C14H15BrO. The van der Waals surface area contributed by atoms with E-state index in [1.807, 2.05) is 6.07 Å². The number of aryl methyl sites for hydroxylation is 2. The lowest BCUT2D eigenvalue weighted by Gasteiger charge is -2.10. The highest BCUT2D eigenvalue weighted by atomic mass is 79.9. The number of hydrogen-bond donors (Lipinski definition) is 0. The number of benzene rings is 1. The lowest BCUT2D eigenvalue weighted by molar-refractivity contribution is 0.512. The molecular weight excluding hydrogens is 264 g/mol. The van der Waals surface area contributed by atoms with E-state index in [0.29, 0.717) is 0 Å². The van der Waals surface area contributed by atoms with Crippen molar-refractivity contribution in [3.63, 3.8) is 0 Å². The van der Waals surface area contributed by atoms with Gasteiger partial charge < -0.3 is 4.42 Å². The molecule has 0 fully saturated rings. The second kappa shape index (κ2) is 4.88. The van der Waals surface area contributed by atoms with Crippen molar-refractivity contribution < 1.29 is 4.42 Å². The molecule has 2 aromatic rings. The fourth-order valence-electron chi connectivity index (χ4n) is 1.78. The van der Waals surface area contributed by atoms with Crippen LogP contribution in [0.25, 0.3) is 0 Å². The molecule has 1 heterocycles. The molecule has 0 aliphatic heterocycles. The predicted molar refractivity (Wildman–Crippen MR) is 70.0 cm³/mol. The van der Waals surface area contributed by atoms with E-state index in [1.165, 1.54) is 16.7 Å². The summed E-state index contributed by atoms with van der Waals surface area (Å²) < 4.78 is 5.45. The zero-order valence-electron chi connectivity index (χ0n) is 9.53. The molecule has 0 aliphatic rings. The average molecular weight is 279 g/mol. The highest BCUT2D eigenvalue weighted by Gasteiger charge is 2.15. The van der Waals surface area contributed by atoms with E-state index in [1.54, 1.807) is 6.26 Å². The van der Waals surface area contributed by atoms with E-state index in [0.717, 1.165) is 12.2 Å². The molecule has 0 radical (unpaired) electrons. The van der Waals surface area contributed by atoms with Crippen LogP contribution in [0.4, 0.5) is 0 Å². The van der Waals surface area contributed by atoms with E-state index < -0.39 is 0 Å². The molecule has 1 atom stereocenters. The Balaban J connectivity index is 2.31. The second-order valence-electron chi connectivity index (χ2n) is 3.93. The standard InChI is InChI=1S/C14H15BrO/c1-3-13-12(8-9-16-13)14(15)11-6-4-10(2)5-7-11/h4-9,14H,3H2,1-2H3. The minimum atomic E-state index is 0.224. The van der Waals surface area contributed by atoms with Crippen molar-refractivity contribution in [3.8, 4) is 0 Å². The van der Waals surface area contributed by atoms with Gasteiger partial charge in [0.15, 0.2) is 0 Å². The van der Waals surface area contributed by atoms with Crippen molar-refractivity contribution in [2.75, 3.05) is 0 Å². The first-order valence-corrected chi connectivity index (χ1v) is 6.41. The van der Waals surface area contributed by atoms with Gasteiger partial charge in [0.1, 0.15) is 5.76 Å². The van der Waals surface area contributed by atoms with Crippen molar-refractivity contribution in [1.29, 1.82) is 0 Å². The summed E-state index contributed by atoms with van der Waals surface area (Å²) in [6.45, 7) is 4.21. The molecule has 0 bridgehead atoms. The predicted octanol–water partition coefficient (Wildman–Crippen LogP) is 4.63. The Morgan fingerprint density at radius 2 is 1.88 bits per heavy atom. The van der Waals surface area contributed by atoms with Gasteiger partial charge in [-0.15, -0.1) is 0 Å². The third-order valence-electron chi connectivity index (χ3n) is 2.74. The van der Waals surface area contributed by atoms with Crippen LogP contribution in [0.5, 0.6) is 0 Å². The maximum atomic E-state index is 5.45. The van der Waals surface area contributed by atoms with Gasteiger partial charge in [-0.1, -0.05) is 52.7 Å². The first-order chi connectivity index (χ1) is 7.72. The Bertz CT molecular complexity index is 456. The molecule has 16 heavy (non-hydrogen) atoms. The van der Waals surface area contributed by atoms with Gasteiger partial charge in [-0.2, -0.15) is 0 Å². The maximum absolute atomic E-state index is 5.45. The fraction of sp³-hybridized carbons (Fsp3) is 0.286. The van der Waals surface area contributed by atoms with E-state index >= 15 is 0 Å².